The topological polar surface area (TPSA) is 76.7 Å². The van der Waals surface area contributed by atoms with Crippen molar-refractivity contribution in [1.29, 1.82) is 0 Å². The van der Waals surface area contributed by atoms with Gasteiger partial charge in [-0.1, -0.05) is 38.8 Å². The largest absolute Gasteiger partial charge is 0.490 e. The van der Waals surface area contributed by atoms with Crippen LogP contribution in [-0.2, 0) is 6.42 Å². The third-order valence-corrected chi connectivity index (χ3v) is 5.29. The number of rotatable bonds is 8. The van der Waals surface area contributed by atoms with E-state index in [2.05, 4.69) is 24.2 Å². The quantitative estimate of drug-likeness (QED) is 0.379. The molecule has 0 aliphatic carbocycles. The molecule has 2 aromatic carbocycles. The van der Waals surface area contributed by atoms with Gasteiger partial charge in [0, 0.05) is 23.4 Å². The van der Waals surface area contributed by atoms with Crippen LogP contribution < -0.4 is 15.8 Å². The molecule has 3 N–H and O–H groups in total. The number of aliphatic imine (C=N–C) groups is 1. The van der Waals surface area contributed by atoms with Gasteiger partial charge in [-0.2, -0.15) is 0 Å². The van der Waals surface area contributed by atoms with Crippen molar-refractivity contribution in [2.75, 3.05) is 11.9 Å². The van der Waals surface area contributed by atoms with Gasteiger partial charge in [-0.05, 0) is 61.6 Å². The van der Waals surface area contributed by atoms with Crippen LogP contribution in [0.2, 0.25) is 0 Å². The first-order chi connectivity index (χ1) is 14.1. The Labute approximate surface area is 173 Å². The number of hydrogen-bond donors (Lipinski definition) is 2. The van der Waals surface area contributed by atoms with Crippen molar-refractivity contribution in [3.63, 3.8) is 0 Å². The van der Waals surface area contributed by atoms with Gasteiger partial charge >= 0.3 is 0 Å². The molecule has 29 heavy (non-hydrogen) atoms. The highest BCUT2D eigenvalue weighted by Crippen LogP contribution is 2.31. The highest BCUT2D eigenvalue weighted by molar-refractivity contribution is 6.05. The molecule has 0 spiro atoms. The van der Waals surface area contributed by atoms with Gasteiger partial charge in [-0.25, -0.2) is 0 Å². The lowest BCUT2D eigenvalue weighted by Gasteiger charge is -2.25. The summed E-state index contributed by atoms with van der Waals surface area (Å²) >= 11 is 0. The maximum atomic E-state index is 12.6. The lowest BCUT2D eigenvalue weighted by Crippen LogP contribution is -2.21. The monoisotopic (exact) mass is 393 g/mol. The fraction of sp³-hybridized carbons (Fsp3) is 0.417. The van der Waals surface area contributed by atoms with E-state index in [1.807, 2.05) is 30.3 Å². The molecule has 0 fully saturated rings. The number of aryl methyl sites for hydroxylation is 1. The van der Waals surface area contributed by atoms with E-state index in [0.717, 1.165) is 67.6 Å². The Hall–Kier alpha value is -2.82. The van der Waals surface area contributed by atoms with Crippen LogP contribution in [0.15, 0.2) is 47.5 Å². The molecule has 1 aliphatic rings. The predicted octanol–water partition coefficient (Wildman–Crippen LogP) is 4.94. The Morgan fingerprint density at radius 3 is 2.62 bits per heavy atom. The van der Waals surface area contributed by atoms with Gasteiger partial charge in [0.1, 0.15) is 11.6 Å². The van der Waals surface area contributed by atoms with Crippen molar-refractivity contribution in [3.05, 3.63) is 59.2 Å². The zero-order valence-electron chi connectivity index (χ0n) is 17.4. The number of unbranched alkanes of at least 4 members (excludes halogenated alkanes) is 2. The summed E-state index contributed by atoms with van der Waals surface area (Å²) in [5, 5.41) is 2.97. The number of nitrogens with zero attached hydrogens (tertiary/aromatic N) is 1. The van der Waals surface area contributed by atoms with Gasteiger partial charge in [0.25, 0.3) is 5.91 Å². The Bertz CT molecular complexity index is 859. The molecule has 1 aliphatic heterocycles. The second kappa shape index (κ2) is 10.1. The normalized spacial score (nSPS) is 16.1. The van der Waals surface area contributed by atoms with E-state index in [9.17, 15) is 4.79 Å². The molecular formula is C24H31N3O2. The summed E-state index contributed by atoms with van der Waals surface area (Å²) in [4.78, 5) is 17.0. The van der Waals surface area contributed by atoms with E-state index < -0.39 is 0 Å². The summed E-state index contributed by atoms with van der Waals surface area (Å²) in [6, 6.07) is 13.1. The van der Waals surface area contributed by atoms with Crippen LogP contribution in [0.1, 0.15) is 67.4 Å². The van der Waals surface area contributed by atoms with Crippen LogP contribution in [0.3, 0.4) is 0 Å². The number of hydrogen-bond acceptors (Lipinski definition) is 3. The summed E-state index contributed by atoms with van der Waals surface area (Å²) in [5.41, 5.74) is 9.42. The Kier molecular flexibility index (Phi) is 7.28. The smallest absolute Gasteiger partial charge is 0.255 e. The van der Waals surface area contributed by atoms with Crippen molar-refractivity contribution in [1.82, 2.24) is 0 Å². The molecule has 0 radical (unpaired) electrons. The van der Waals surface area contributed by atoms with Gasteiger partial charge in [0.2, 0.25) is 0 Å². The lowest BCUT2D eigenvalue weighted by molar-refractivity contribution is 0.102. The fourth-order valence-corrected chi connectivity index (χ4v) is 3.46. The minimum Gasteiger partial charge on any atom is -0.490 e. The van der Waals surface area contributed by atoms with E-state index in [4.69, 9.17) is 10.5 Å². The molecule has 0 saturated carbocycles. The second-order valence-corrected chi connectivity index (χ2v) is 7.51. The van der Waals surface area contributed by atoms with E-state index in [1.165, 1.54) is 0 Å². The fourth-order valence-electron chi connectivity index (χ4n) is 3.46. The maximum Gasteiger partial charge on any atom is 0.255 e. The van der Waals surface area contributed by atoms with Gasteiger partial charge in [-0.3, -0.25) is 9.79 Å². The van der Waals surface area contributed by atoms with Crippen LogP contribution in [0, 0.1) is 0 Å². The maximum absolute atomic E-state index is 12.6. The molecule has 0 bridgehead atoms. The number of nitrogens with one attached hydrogen (secondary N) is 1. The van der Waals surface area contributed by atoms with Crippen molar-refractivity contribution in [2.24, 2.45) is 10.7 Å². The molecule has 1 amide bonds. The Morgan fingerprint density at radius 1 is 1.14 bits per heavy atom. The minimum absolute atomic E-state index is 0.141. The molecule has 2 aromatic rings. The van der Waals surface area contributed by atoms with Crippen LogP contribution in [0.4, 0.5) is 5.69 Å². The number of amides is 1. The van der Waals surface area contributed by atoms with E-state index in [1.54, 1.807) is 12.1 Å². The molecule has 5 nitrogen and oxygen atoms in total. The number of amidine groups is 1. The number of benzene rings is 2. The molecule has 3 rings (SSSR count). The van der Waals surface area contributed by atoms with Crippen LogP contribution in [-0.4, -0.2) is 24.4 Å². The van der Waals surface area contributed by atoms with Crippen molar-refractivity contribution < 1.29 is 9.53 Å². The predicted molar refractivity (Wildman–Crippen MR) is 119 cm³/mol. The van der Waals surface area contributed by atoms with Gasteiger partial charge in [0.05, 0.1) is 6.10 Å². The van der Waals surface area contributed by atoms with E-state index >= 15 is 0 Å². The average molecular weight is 394 g/mol. The number of carbonyl (C=O) groups is 1. The van der Waals surface area contributed by atoms with Gasteiger partial charge in [0.15, 0.2) is 0 Å². The molecule has 0 saturated heterocycles. The number of nitrogens with two attached hydrogens (primary N) is 1. The van der Waals surface area contributed by atoms with Gasteiger partial charge in [-0.15, -0.1) is 0 Å². The van der Waals surface area contributed by atoms with Crippen LogP contribution >= 0.6 is 0 Å². The standard InChI is InChI=1S/C24H31N3O2/c1-3-5-6-15-26-23(25)17-7-9-18(10-8-17)24(28)27-20-12-14-22-19(16-20)11-13-21(4-2)29-22/h7-10,12,14,16,21H,3-6,11,13,15H2,1-2H3,(H2,25,26)(H,27,28). The number of anilines is 1. The number of carbonyl (C=O) groups excluding carboxylic acids is 1. The zero-order chi connectivity index (χ0) is 20.6. The molecular weight excluding hydrogens is 362 g/mol. The van der Waals surface area contributed by atoms with E-state index in [-0.39, 0.29) is 5.91 Å². The highest BCUT2D eigenvalue weighted by Gasteiger charge is 2.18. The second-order valence-electron chi connectivity index (χ2n) is 7.51. The Balaban J connectivity index is 1.61. The third kappa shape index (κ3) is 5.59. The minimum atomic E-state index is -0.141. The molecule has 1 heterocycles. The first-order valence-electron chi connectivity index (χ1n) is 10.6. The van der Waals surface area contributed by atoms with Crippen LogP contribution in [0.25, 0.3) is 0 Å². The van der Waals surface area contributed by atoms with Crippen molar-refractivity contribution in [3.8, 4) is 5.75 Å². The molecule has 154 valence electrons. The molecule has 0 aromatic heterocycles. The molecule has 5 heteroatoms. The summed E-state index contributed by atoms with van der Waals surface area (Å²) in [6.45, 7) is 5.04. The van der Waals surface area contributed by atoms with E-state index in [0.29, 0.717) is 17.5 Å². The highest BCUT2D eigenvalue weighted by atomic mass is 16.5. The summed E-state index contributed by atoms with van der Waals surface area (Å²) in [6.07, 6.45) is 6.67. The lowest BCUT2D eigenvalue weighted by atomic mass is 10.0. The number of ether oxygens (including phenoxy) is 1. The number of fused-ring (bicyclic) bond motifs is 1. The Morgan fingerprint density at radius 2 is 1.90 bits per heavy atom. The van der Waals surface area contributed by atoms with Gasteiger partial charge < -0.3 is 15.8 Å². The molecule has 1 unspecified atom stereocenters. The van der Waals surface area contributed by atoms with Crippen LogP contribution in [0.5, 0.6) is 5.75 Å². The molecule has 1 atom stereocenters. The zero-order valence-corrected chi connectivity index (χ0v) is 17.4. The summed E-state index contributed by atoms with van der Waals surface area (Å²) in [5.74, 6) is 1.31. The first kappa shape index (κ1) is 20.9. The summed E-state index contributed by atoms with van der Waals surface area (Å²) in [7, 11) is 0. The third-order valence-electron chi connectivity index (χ3n) is 5.29. The average Bonchev–Trinajstić information content (AvgIpc) is 2.76. The first-order valence-corrected chi connectivity index (χ1v) is 10.6. The SMILES string of the molecule is CCCCCN=C(N)c1ccc(C(=O)Nc2ccc3c(c2)CCC(CC)O3)cc1. The van der Waals surface area contributed by atoms with Crippen molar-refractivity contribution in [2.45, 2.75) is 58.5 Å². The summed E-state index contributed by atoms with van der Waals surface area (Å²) < 4.78 is 5.97. The van der Waals surface area contributed by atoms with Crippen molar-refractivity contribution >= 4 is 17.4 Å².